The molecule has 9 heteroatoms. The lowest BCUT2D eigenvalue weighted by atomic mass is 10.1. The first kappa shape index (κ1) is 22.8. The Morgan fingerprint density at radius 1 is 1.06 bits per heavy atom. The number of carbonyl (C=O) groups is 2. The van der Waals surface area contributed by atoms with Gasteiger partial charge in [0.1, 0.15) is 5.75 Å². The van der Waals surface area contributed by atoms with E-state index in [1.54, 1.807) is 54.6 Å². The number of carbonyl (C=O) groups excluding carboxylic acids is 2. The number of para-hydroxylation sites is 2. The highest BCUT2D eigenvalue weighted by Gasteiger charge is 2.28. The number of ether oxygens (including phenoxy) is 2. The fourth-order valence-corrected chi connectivity index (χ4v) is 3.10. The number of nitro groups is 1. The first-order valence-corrected chi connectivity index (χ1v) is 10.0. The Bertz CT molecular complexity index is 1140. The molecule has 0 aliphatic rings. The third kappa shape index (κ3) is 5.41. The maximum absolute atomic E-state index is 13.1. The van der Waals surface area contributed by atoms with Crippen LogP contribution in [0.25, 0.3) is 0 Å². The van der Waals surface area contributed by atoms with E-state index >= 15 is 0 Å². The van der Waals surface area contributed by atoms with Crippen molar-refractivity contribution >= 4 is 34.9 Å². The smallest absolute Gasteiger partial charge is 0.341 e. The maximum atomic E-state index is 13.1. The van der Waals surface area contributed by atoms with E-state index in [1.165, 1.54) is 12.1 Å². The summed E-state index contributed by atoms with van der Waals surface area (Å²) in [4.78, 5) is 36.3. The second-order valence-electron chi connectivity index (χ2n) is 6.54. The average molecular weight is 455 g/mol. The van der Waals surface area contributed by atoms with Crippen LogP contribution >= 0.6 is 11.6 Å². The van der Waals surface area contributed by atoms with Gasteiger partial charge in [-0.3, -0.25) is 14.9 Å². The van der Waals surface area contributed by atoms with Crippen LogP contribution in [0.4, 0.5) is 11.4 Å². The van der Waals surface area contributed by atoms with Gasteiger partial charge in [-0.05, 0) is 25.1 Å². The summed E-state index contributed by atoms with van der Waals surface area (Å²) in [7, 11) is 0. The van der Waals surface area contributed by atoms with Gasteiger partial charge in [0.15, 0.2) is 0 Å². The molecule has 1 amide bonds. The number of benzene rings is 3. The van der Waals surface area contributed by atoms with Crippen LogP contribution in [-0.2, 0) is 9.53 Å². The zero-order valence-corrected chi connectivity index (χ0v) is 17.7. The molecule has 1 atom stereocenters. The SMILES string of the molecule is CCOc1ccccc1NC(=O)C(OC(=O)c1cc([N+](=O)[O-])ccc1Cl)c1ccccc1. The number of hydrogen-bond acceptors (Lipinski definition) is 6. The van der Waals surface area contributed by atoms with E-state index in [1.807, 2.05) is 6.92 Å². The summed E-state index contributed by atoms with van der Waals surface area (Å²) >= 11 is 6.05. The maximum Gasteiger partial charge on any atom is 0.341 e. The quantitative estimate of drug-likeness (QED) is 0.285. The monoisotopic (exact) mass is 454 g/mol. The molecule has 164 valence electrons. The number of nitrogens with zero attached hydrogens (tertiary/aromatic N) is 1. The third-order valence-electron chi connectivity index (χ3n) is 4.39. The van der Waals surface area contributed by atoms with E-state index < -0.39 is 22.9 Å². The first-order chi connectivity index (χ1) is 15.4. The topological polar surface area (TPSA) is 108 Å². The molecule has 0 heterocycles. The normalized spacial score (nSPS) is 11.3. The summed E-state index contributed by atoms with van der Waals surface area (Å²) in [5.41, 5.74) is 0.274. The van der Waals surface area contributed by atoms with Gasteiger partial charge in [-0.2, -0.15) is 0 Å². The predicted octanol–water partition coefficient (Wildman–Crippen LogP) is 5.18. The lowest BCUT2D eigenvalue weighted by molar-refractivity contribution is -0.384. The van der Waals surface area contributed by atoms with Crippen LogP contribution in [0, 0.1) is 10.1 Å². The molecule has 3 aromatic rings. The Kier molecular flexibility index (Phi) is 7.41. The van der Waals surface area contributed by atoms with Gasteiger partial charge in [-0.15, -0.1) is 0 Å². The molecule has 0 fully saturated rings. The highest BCUT2D eigenvalue weighted by atomic mass is 35.5. The van der Waals surface area contributed by atoms with Crippen LogP contribution in [0.15, 0.2) is 72.8 Å². The third-order valence-corrected chi connectivity index (χ3v) is 4.72. The molecule has 3 aromatic carbocycles. The lowest BCUT2D eigenvalue weighted by Crippen LogP contribution is -2.26. The highest BCUT2D eigenvalue weighted by Crippen LogP contribution is 2.29. The summed E-state index contributed by atoms with van der Waals surface area (Å²) in [5, 5.41) is 13.7. The zero-order chi connectivity index (χ0) is 23.1. The highest BCUT2D eigenvalue weighted by molar-refractivity contribution is 6.33. The van der Waals surface area contributed by atoms with Gasteiger partial charge >= 0.3 is 5.97 Å². The first-order valence-electron chi connectivity index (χ1n) is 9.63. The van der Waals surface area contributed by atoms with E-state index in [0.29, 0.717) is 23.6 Å². The van der Waals surface area contributed by atoms with Crippen molar-refractivity contribution in [3.05, 3.63) is 99.1 Å². The predicted molar refractivity (Wildman–Crippen MR) is 119 cm³/mol. The summed E-state index contributed by atoms with van der Waals surface area (Å²) < 4.78 is 11.0. The van der Waals surface area contributed by atoms with Crippen molar-refractivity contribution in [3.8, 4) is 5.75 Å². The second kappa shape index (κ2) is 10.4. The van der Waals surface area contributed by atoms with Crippen molar-refractivity contribution in [1.29, 1.82) is 0 Å². The number of hydrogen-bond donors (Lipinski definition) is 1. The fraction of sp³-hybridized carbons (Fsp3) is 0.130. The van der Waals surface area contributed by atoms with Crippen LogP contribution in [0.1, 0.15) is 28.9 Å². The van der Waals surface area contributed by atoms with Gasteiger partial charge in [0.05, 0.1) is 27.8 Å². The molecule has 0 aliphatic carbocycles. The van der Waals surface area contributed by atoms with Crippen molar-refractivity contribution in [1.82, 2.24) is 0 Å². The van der Waals surface area contributed by atoms with Crippen molar-refractivity contribution in [2.45, 2.75) is 13.0 Å². The van der Waals surface area contributed by atoms with Crippen molar-refractivity contribution in [3.63, 3.8) is 0 Å². The van der Waals surface area contributed by atoms with Gasteiger partial charge < -0.3 is 14.8 Å². The van der Waals surface area contributed by atoms with Crippen LogP contribution < -0.4 is 10.1 Å². The molecule has 0 bridgehead atoms. The number of non-ortho nitro benzene ring substituents is 1. The van der Waals surface area contributed by atoms with Crippen molar-refractivity contribution in [2.75, 3.05) is 11.9 Å². The standard InChI is InChI=1S/C23H19ClN2O6/c1-2-31-20-11-7-6-10-19(20)25-22(27)21(15-8-4-3-5-9-15)32-23(28)17-14-16(26(29)30)12-13-18(17)24/h3-14,21H,2H2,1H3,(H,25,27). The van der Waals surface area contributed by atoms with Crippen LogP contribution in [0.5, 0.6) is 5.75 Å². The molecular formula is C23H19ClN2O6. The van der Waals surface area contributed by atoms with E-state index in [-0.39, 0.29) is 16.3 Å². The minimum Gasteiger partial charge on any atom is -0.492 e. The number of amides is 1. The number of anilines is 1. The molecule has 0 spiro atoms. The van der Waals surface area contributed by atoms with Crippen molar-refractivity contribution < 1.29 is 24.0 Å². The van der Waals surface area contributed by atoms with Crippen LogP contribution in [0.2, 0.25) is 5.02 Å². The van der Waals surface area contributed by atoms with Gasteiger partial charge in [0.2, 0.25) is 6.10 Å². The summed E-state index contributed by atoms with van der Waals surface area (Å²) in [6.45, 7) is 2.21. The molecule has 0 aromatic heterocycles. The van der Waals surface area contributed by atoms with E-state index in [4.69, 9.17) is 21.1 Å². The second-order valence-corrected chi connectivity index (χ2v) is 6.94. The summed E-state index contributed by atoms with van der Waals surface area (Å²) in [6.07, 6.45) is -1.34. The van der Waals surface area contributed by atoms with Gasteiger partial charge in [0, 0.05) is 17.7 Å². The number of esters is 1. The molecule has 0 saturated heterocycles. The van der Waals surface area contributed by atoms with Crippen molar-refractivity contribution in [2.24, 2.45) is 0 Å². The Morgan fingerprint density at radius 3 is 2.44 bits per heavy atom. The Balaban J connectivity index is 1.91. The number of nitrogens with one attached hydrogen (secondary N) is 1. The largest absolute Gasteiger partial charge is 0.492 e. The van der Waals surface area contributed by atoms with Gasteiger partial charge in [-0.25, -0.2) is 4.79 Å². The molecule has 8 nitrogen and oxygen atoms in total. The Morgan fingerprint density at radius 2 is 1.75 bits per heavy atom. The minimum atomic E-state index is -1.34. The molecule has 0 radical (unpaired) electrons. The molecule has 1 unspecified atom stereocenters. The van der Waals surface area contributed by atoms with E-state index in [0.717, 1.165) is 6.07 Å². The van der Waals surface area contributed by atoms with Gasteiger partial charge in [0.25, 0.3) is 11.6 Å². The zero-order valence-electron chi connectivity index (χ0n) is 17.0. The van der Waals surface area contributed by atoms with Crippen LogP contribution in [-0.4, -0.2) is 23.4 Å². The molecule has 32 heavy (non-hydrogen) atoms. The van der Waals surface area contributed by atoms with Gasteiger partial charge in [-0.1, -0.05) is 54.1 Å². The number of rotatable bonds is 8. The molecule has 0 saturated carbocycles. The Hall–Kier alpha value is -3.91. The number of halogens is 1. The summed E-state index contributed by atoms with van der Waals surface area (Å²) in [5.74, 6) is -1.14. The van der Waals surface area contributed by atoms with Crippen LogP contribution in [0.3, 0.4) is 0 Å². The van der Waals surface area contributed by atoms with E-state index in [2.05, 4.69) is 5.32 Å². The summed E-state index contributed by atoms with van der Waals surface area (Å²) in [6, 6.07) is 18.6. The molecule has 1 N–H and O–H groups in total. The average Bonchev–Trinajstić information content (AvgIpc) is 2.79. The molecule has 3 rings (SSSR count). The fourth-order valence-electron chi connectivity index (χ4n) is 2.90. The lowest BCUT2D eigenvalue weighted by Gasteiger charge is -2.19. The Labute approximate surface area is 188 Å². The minimum absolute atomic E-state index is 0.0329. The number of nitro benzene ring substituents is 1. The molecular weight excluding hydrogens is 436 g/mol. The molecule has 0 aliphatic heterocycles. The van der Waals surface area contributed by atoms with E-state index in [9.17, 15) is 19.7 Å².